The summed E-state index contributed by atoms with van der Waals surface area (Å²) in [6, 6.07) is 8.37. The van der Waals surface area contributed by atoms with Crippen LogP contribution < -0.4 is 4.90 Å². The van der Waals surface area contributed by atoms with Gasteiger partial charge in [0.2, 0.25) is 0 Å². The smallest absolute Gasteiger partial charge is 0.262 e. The first kappa shape index (κ1) is 16.3. The van der Waals surface area contributed by atoms with Gasteiger partial charge in [-0.2, -0.15) is 5.10 Å². The van der Waals surface area contributed by atoms with E-state index in [0.717, 1.165) is 56.0 Å². The van der Waals surface area contributed by atoms with E-state index in [-0.39, 0.29) is 11.9 Å². The largest absolute Gasteiger partial charge is 0.381 e. The van der Waals surface area contributed by atoms with Gasteiger partial charge < -0.3 is 9.64 Å². The summed E-state index contributed by atoms with van der Waals surface area (Å²) in [6.07, 6.45) is 4.79. The Hall–Kier alpha value is -2.14. The molecule has 0 bridgehead atoms. The van der Waals surface area contributed by atoms with Crippen molar-refractivity contribution in [2.45, 2.75) is 45.7 Å². The minimum Gasteiger partial charge on any atom is -0.381 e. The lowest BCUT2D eigenvalue weighted by atomic mass is 10.0. The number of nitrogens with zero attached hydrogens (tertiary/aromatic N) is 3. The van der Waals surface area contributed by atoms with Crippen LogP contribution in [-0.4, -0.2) is 34.9 Å². The number of anilines is 1. The fourth-order valence-electron chi connectivity index (χ4n) is 4.02. The molecule has 25 heavy (non-hydrogen) atoms. The van der Waals surface area contributed by atoms with Crippen molar-refractivity contribution in [1.82, 2.24) is 9.78 Å². The highest BCUT2D eigenvalue weighted by atomic mass is 16.5. The molecule has 0 spiro atoms. The summed E-state index contributed by atoms with van der Waals surface area (Å²) < 4.78 is 7.43. The van der Waals surface area contributed by atoms with Crippen LogP contribution in [0.3, 0.4) is 0 Å². The third kappa shape index (κ3) is 2.97. The van der Waals surface area contributed by atoms with Crippen molar-refractivity contribution in [3.63, 3.8) is 0 Å². The molecule has 1 unspecified atom stereocenters. The van der Waals surface area contributed by atoms with E-state index in [9.17, 15) is 4.79 Å². The molecule has 4 rings (SSSR count). The van der Waals surface area contributed by atoms with Crippen LogP contribution in [0.4, 0.5) is 5.69 Å². The predicted molar refractivity (Wildman–Crippen MR) is 96.9 cm³/mol. The highest BCUT2D eigenvalue weighted by Gasteiger charge is 2.32. The molecule has 5 nitrogen and oxygen atoms in total. The molecule has 1 atom stereocenters. The Morgan fingerprint density at radius 2 is 2.04 bits per heavy atom. The van der Waals surface area contributed by atoms with Gasteiger partial charge in [0, 0.05) is 37.2 Å². The van der Waals surface area contributed by atoms with Crippen LogP contribution >= 0.6 is 0 Å². The maximum absolute atomic E-state index is 13.2. The van der Waals surface area contributed by atoms with Crippen LogP contribution in [0, 0.1) is 12.8 Å². The van der Waals surface area contributed by atoms with Gasteiger partial charge in [-0.05, 0) is 50.7 Å². The molecule has 2 aliphatic heterocycles. The first-order chi connectivity index (χ1) is 12.1. The first-order valence-electron chi connectivity index (χ1n) is 9.16. The summed E-state index contributed by atoms with van der Waals surface area (Å²) in [6.45, 7) is 6.65. The number of hydrogen-bond acceptors (Lipinski definition) is 3. The molecule has 1 fully saturated rings. The average molecular weight is 339 g/mol. The Kier molecular flexibility index (Phi) is 4.34. The highest BCUT2D eigenvalue weighted by molar-refractivity contribution is 6.08. The number of aromatic nitrogens is 2. The Labute approximate surface area is 148 Å². The van der Waals surface area contributed by atoms with Crippen molar-refractivity contribution in [3.8, 4) is 0 Å². The van der Waals surface area contributed by atoms with E-state index in [1.165, 1.54) is 5.56 Å². The third-order valence-corrected chi connectivity index (χ3v) is 5.53. The number of carbonyl (C=O) groups is 1. The Morgan fingerprint density at radius 3 is 2.84 bits per heavy atom. The quantitative estimate of drug-likeness (QED) is 0.863. The van der Waals surface area contributed by atoms with E-state index in [1.54, 1.807) is 6.20 Å². The topological polar surface area (TPSA) is 47.4 Å². The van der Waals surface area contributed by atoms with E-state index in [1.807, 2.05) is 34.7 Å². The van der Waals surface area contributed by atoms with Crippen molar-refractivity contribution < 1.29 is 9.53 Å². The molecular weight excluding hydrogens is 314 g/mol. The maximum atomic E-state index is 13.2. The summed E-state index contributed by atoms with van der Waals surface area (Å²) in [5.74, 6) is 0.648. The molecule has 2 aliphatic rings. The molecule has 0 saturated carbocycles. The lowest BCUT2D eigenvalue weighted by molar-refractivity contribution is 0.0599. The lowest BCUT2D eigenvalue weighted by Gasteiger charge is -2.23. The SMILES string of the molecule is Cc1c(C(=O)N2c3ccccc3CC2C)cnn1CC1CCOCC1. The van der Waals surface area contributed by atoms with E-state index >= 15 is 0 Å². The van der Waals surface area contributed by atoms with E-state index in [2.05, 4.69) is 18.1 Å². The van der Waals surface area contributed by atoms with Crippen LogP contribution in [0.2, 0.25) is 0 Å². The molecule has 3 heterocycles. The van der Waals surface area contributed by atoms with Crippen molar-refractivity contribution in [2.24, 2.45) is 5.92 Å². The molecule has 0 N–H and O–H groups in total. The summed E-state index contributed by atoms with van der Waals surface area (Å²) >= 11 is 0. The lowest BCUT2D eigenvalue weighted by Crippen LogP contribution is -2.36. The van der Waals surface area contributed by atoms with Crippen LogP contribution in [0.1, 0.15) is 41.4 Å². The van der Waals surface area contributed by atoms with Gasteiger partial charge in [0.1, 0.15) is 0 Å². The Morgan fingerprint density at radius 1 is 1.28 bits per heavy atom. The van der Waals surface area contributed by atoms with Crippen molar-refractivity contribution in [2.75, 3.05) is 18.1 Å². The van der Waals surface area contributed by atoms with E-state index in [0.29, 0.717) is 5.92 Å². The number of amides is 1. The van der Waals surface area contributed by atoms with Gasteiger partial charge in [0.25, 0.3) is 5.91 Å². The second-order valence-electron chi connectivity index (χ2n) is 7.24. The molecule has 132 valence electrons. The zero-order chi connectivity index (χ0) is 17.4. The van der Waals surface area contributed by atoms with Crippen molar-refractivity contribution in [3.05, 3.63) is 47.3 Å². The molecule has 1 aromatic heterocycles. The van der Waals surface area contributed by atoms with Crippen LogP contribution in [0.5, 0.6) is 0 Å². The van der Waals surface area contributed by atoms with Gasteiger partial charge in [-0.1, -0.05) is 18.2 Å². The summed E-state index contributed by atoms with van der Waals surface area (Å²) in [4.78, 5) is 15.1. The van der Waals surface area contributed by atoms with Crippen LogP contribution in [0.25, 0.3) is 0 Å². The molecule has 1 aromatic carbocycles. The normalized spacial score (nSPS) is 20.7. The number of para-hydroxylation sites is 1. The number of rotatable bonds is 3. The van der Waals surface area contributed by atoms with Gasteiger partial charge in [-0.3, -0.25) is 9.48 Å². The van der Waals surface area contributed by atoms with Gasteiger partial charge in [0.15, 0.2) is 0 Å². The highest BCUT2D eigenvalue weighted by Crippen LogP contribution is 2.33. The first-order valence-corrected chi connectivity index (χ1v) is 9.16. The molecule has 1 amide bonds. The molecule has 0 radical (unpaired) electrons. The van der Waals surface area contributed by atoms with Gasteiger partial charge in [-0.25, -0.2) is 0 Å². The summed E-state index contributed by atoms with van der Waals surface area (Å²) in [5, 5.41) is 4.51. The fourth-order valence-corrected chi connectivity index (χ4v) is 4.02. The Balaban J connectivity index is 1.57. The standard InChI is InChI=1S/C20H25N3O2/c1-14-11-17-5-3-4-6-19(17)23(14)20(24)18-12-21-22(15(18)2)13-16-7-9-25-10-8-16/h3-6,12,14,16H,7-11,13H2,1-2H3. The zero-order valence-electron chi connectivity index (χ0n) is 14.9. The molecule has 1 saturated heterocycles. The molecule has 5 heteroatoms. The number of hydrogen-bond donors (Lipinski definition) is 0. The maximum Gasteiger partial charge on any atom is 0.262 e. The van der Waals surface area contributed by atoms with Gasteiger partial charge in [0.05, 0.1) is 11.8 Å². The number of fused-ring (bicyclic) bond motifs is 1. The minimum absolute atomic E-state index is 0.0631. The fraction of sp³-hybridized carbons (Fsp3) is 0.500. The Bertz CT molecular complexity index is 777. The van der Waals surface area contributed by atoms with Crippen molar-refractivity contribution >= 4 is 11.6 Å². The molecular formula is C20H25N3O2. The zero-order valence-corrected chi connectivity index (χ0v) is 14.9. The van der Waals surface area contributed by atoms with E-state index < -0.39 is 0 Å². The number of ether oxygens (including phenoxy) is 1. The van der Waals surface area contributed by atoms with E-state index in [4.69, 9.17) is 4.74 Å². The van der Waals surface area contributed by atoms with Gasteiger partial charge in [-0.15, -0.1) is 0 Å². The van der Waals surface area contributed by atoms with Crippen LogP contribution in [0.15, 0.2) is 30.5 Å². The van der Waals surface area contributed by atoms with Gasteiger partial charge >= 0.3 is 0 Å². The van der Waals surface area contributed by atoms with Crippen LogP contribution in [-0.2, 0) is 17.7 Å². The average Bonchev–Trinajstić information content (AvgIpc) is 3.15. The minimum atomic E-state index is 0.0631. The number of carbonyl (C=O) groups excluding carboxylic acids is 1. The second kappa shape index (κ2) is 6.64. The summed E-state index contributed by atoms with van der Waals surface area (Å²) in [7, 11) is 0. The monoisotopic (exact) mass is 339 g/mol. The predicted octanol–water partition coefficient (Wildman–Crippen LogP) is 3.21. The molecule has 0 aliphatic carbocycles. The molecule has 2 aromatic rings. The van der Waals surface area contributed by atoms with Crippen molar-refractivity contribution in [1.29, 1.82) is 0 Å². The second-order valence-corrected chi connectivity index (χ2v) is 7.24. The summed E-state index contributed by atoms with van der Waals surface area (Å²) in [5.41, 5.74) is 3.97. The third-order valence-electron chi connectivity index (χ3n) is 5.53. The number of benzene rings is 1.